The lowest BCUT2D eigenvalue weighted by molar-refractivity contribution is 0.475. The van der Waals surface area contributed by atoms with Crippen LogP contribution < -0.4 is 5.32 Å². The van der Waals surface area contributed by atoms with Gasteiger partial charge in [-0.05, 0) is 29.8 Å². The zero-order chi connectivity index (χ0) is 14.7. The summed E-state index contributed by atoms with van der Waals surface area (Å²) < 4.78 is 0. The highest BCUT2D eigenvalue weighted by molar-refractivity contribution is 5.82. The summed E-state index contributed by atoms with van der Waals surface area (Å²) in [6.07, 6.45) is 0. The Kier molecular flexibility index (Phi) is 3.40. The van der Waals surface area contributed by atoms with Gasteiger partial charge in [0.05, 0.1) is 11.1 Å². The van der Waals surface area contributed by atoms with Gasteiger partial charge in [-0.1, -0.05) is 30.3 Å². The minimum atomic E-state index is 0.236. The number of aromatic nitrogens is 1. The number of fused-ring (bicyclic) bond motifs is 1. The first kappa shape index (κ1) is 12.9. The molecule has 2 aromatic carbocycles. The predicted octanol–water partition coefficient (Wildman–Crippen LogP) is 3.42. The molecule has 3 aromatic rings. The van der Waals surface area contributed by atoms with Crippen molar-refractivity contribution >= 4 is 16.7 Å². The molecule has 0 radical (unpaired) electrons. The van der Waals surface area contributed by atoms with Crippen LogP contribution in [-0.4, -0.2) is 10.1 Å². The second-order valence-corrected chi connectivity index (χ2v) is 4.71. The number of nitrogens with one attached hydrogen (secondary N) is 1. The summed E-state index contributed by atoms with van der Waals surface area (Å²) in [7, 11) is 0. The third kappa shape index (κ3) is 2.77. The van der Waals surface area contributed by atoms with Crippen molar-refractivity contribution in [2.45, 2.75) is 6.54 Å². The van der Waals surface area contributed by atoms with Crippen molar-refractivity contribution < 1.29 is 5.11 Å². The molecule has 4 heteroatoms. The van der Waals surface area contributed by atoms with E-state index in [1.54, 1.807) is 12.1 Å². The molecular formula is C17H13N3O. The Labute approximate surface area is 122 Å². The van der Waals surface area contributed by atoms with Crippen LogP contribution in [0.1, 0.15) is 11.1 Å². The molecule has 0 spiro atoms. The van der Waals surface area contributed by atoms with Crippen molar-refractivity contribution in [3.63, 3.8) is 0 Å². The molecular weight excluding hydrogens is 262 g/mol. The van der Waals surface area contributed by atoms with E-state index < -0.39 is 0 Å². The molecule has 2 N–H and O–H groups in total. The van der Waals surface area contributed by atoms with Crippen molar-refractivity contribution in [1.82, 2.24) is 4.98 Å². The number of phenols is 1. The molecule has 0 atom stereocenters. The minimum Gasteiger partial charge on any atom is -0.508 e. The van der Waals surface area contributed by atoms with Gasteiger partial charge in [-0.15, -0.1) is 0 Å². The fourth-order valence-corrected chi connectivity index (χ4v) is 2.14. The number of rotatable bonds is 3. The van der Waals surface area contributed by atoms with Gasteiger partial charge in [-0.3, -0.25) is 0 Å². The quantitative estimate of drug-likeness (QED) is 0.768. The first-order chi connectivity index (χ1) is 10.3. The highest BCUT2D eigenvalue weighted by atomic mass is 16.3. The fraction of sp³-hybridized carbons (Fsp3) is 0.0588. The molecule has 1 aromatic heterocycles. The zero-order valence-corrected chi connectivity index (χ0v) is 11.2. The molecule has 0 aliphatic rings. The van der Waals surface area contributed by atoms with Gasteiger partial charge in [0.1, 0.15) is 17.6 Å². The number of benzene rings is 2. The smallest absolute Gasteiger partial charge is 0.144 e. The minimum absolute atomic E-state index is 0.236. The number of phenolic OH excluding ortho intramolecular Hbond substituents is 1. The summed E-state index contributed by atoms with van der Waals surface area (Å²) >= 11 is 0. The lowest BCUT2D eigenvalue weighted by Gasteiger charge is -2.09. The van der Waals surface area contributed by atoms with Gasteiger partial charge in [0.15, 0.2) is 0 Å². The maximum atomic E-state index is 9.27. The Bertz CT molecular complexity index is 820. The Morgan fingerprint density at radius 1 is 1.10 bits per heavy atom. The summed E-state index contributed by atoms with van der Waals surface area (Å²) in [6.45, 7) is 0.542. The summed E-state index contributed by atoms with van der Waals surface area (Å²) in [5.41, 5.74) is 2.38. The first-order valence-corrected chi connectivity index (χ1v) is 6.58. The highest BCUT2D eigenvalue weighted by Crippen LogP contribution is 2.20. The Balaban J connectivity index is 1.89. The molecule has 0 saturated heterocycles. The van der Waals surface area contributed by atoms with Crippen molar-refractivity contribution in [3.8, 4) is 11.8 Å². The highest BCUT2D eigenvalue weighted by Gasteiger charge is 2.06. The standard InChI is InChI=1S/C17H13N3O/c18-10-14-9-13-3-1-2-4-16(13)20-17(14)19-11-12-5-7-15(21)8-6-12/h1-9,21H,11H2,(H,19,20). The summed E-state index contributed by atoms with van der Waals surface area (Å²) in [6, 6.07) is 18.6. The molecule has 102 valence electrons. The van der Waals surface area contributed by atoms with Gasteiger partial charge in [-0.2, -0.15) is 5.26 Å². The van der Waals surface area contributed by atoms with E-state index in [9.17, 15) is 10.4 Å². The zero-order valence-electron chi connectivity index (χ0n) is 11.2. The van der Waals surface area contributed by atoms with Crippen LogP contribution in [0.2, 0.25) is 0 Å². The number of aromatic hydroxyl groups is 1. The van der Waals surface area contributed by atoms with E-state index in [4.69, 9.17) is 0 Å². The van der Waals surface area contributed by atoms with Crippen molar-refractivity contribution in [3.05, 3.63) is 65.7 Å². The number of nitriles is 1. The molecule has 0 fully saturated rings. The number of hydrogen-bond acceptors (Lipinski definition) is 4. The van der Waals surface area contributed by atoms with Crippen LogP contribution >= 0.6 is 0 Å². The van der Waals surface area contributed by atoms with E-state index >= 15 is 0 Å². The van der Waals surface area contributed by atoms with Crippen LogP contribution in [0.25, 0.3) is 10.9 Å². The Hall–Kier alpha value is -3.06. The van der Waals surface area contributed by atoms with E-state index in [2.05, 4.69) is 16.4 Å². The van der Waals surface area contributed by atoms with E-state index in [-0.39, 0.29) is 5.75 Å². The summed E-state index contributed by atoms with van der Waals surface area (Å²) in [5, 5.41) is 22.6. The van der Waals surface area contributed by atoms with Crippen LogP contribution in [0, 0.1) is 11.3 Å². The van der Waals surface area contributed by atoms with E-state index in [1.807, 2.05) is 42.5 Å². The van der Waals surface area contributed by atoms with Gasteiger partial charge in [-0.25, -0.2) is 4.98 Å². The second kappa shape index (κ2) is 5.51. The van der Waals surface area contributed by atoms with E-state index in [1.165, 1.54) is 0 Å². The molecule has 1 heterocycles. The van der Waals surface area contributed by atoms with Gasteiger partial charge in [0.2, 0.25) is 0 Å². The van der Waals surface area contributed by atoms with Gasteiger partial charge in [0.25, 0.3) is 0 Å². The average Bonchev–Trinajstić information content (AvgIpc) is 2.53. The SMILES string of the molecule is N#Cc1cc2ccccc2nc1NCc1ccc(O)cc1. The molecule has 3 rings (SSSR count). The number of hydrogen-bond donors (Lipinski definition) is 2. The molecule has 0 amide bonds. The number of pyridine rings is 1. The average molecular weight is 275 g/mol. The molecule has 0 saturated carbocycles. The molecule has 4 nitrogen and oxygen atoms in total. The molecule has 0 aliphatic carbocycles. The van der Waals surface area contributed by atoms with Crippen LogP contribution in [0.3, 0.4) is 0 Å². The topological polar surface area (TPSA) is 68.9 Å². The van der Waals surface area contributed by atoms with Gasteiger partial charge < -0.3 is 10.4 Å². The largest absolute Gasteiger partial charge is 0.508 e. The van der Waals surface area contributed by atoms with E-state index in [0.29, 0.717) is 17.9 Å². The summed E-state index contributed by atoms with van der Waals surface area (Å²) in [5.74, 6) is 0.810. The number of nitrogens with zero attached hydrogens (tertiary/aromatic N) is 2. The van der Waals surface area contributed by atoms with Crippen LogP contribution in [-0.2, 0) is 6.54 Å². The molecule has 0 bridgehead atoms. The third-order valence-electron chi connectivity index (χ3n) is 3.24. The molecule has 21 heavy (non-hydrogen) atoms. The maximum absolute atomic E-state index is 9.27. The normalized spacial score (nSPS) is 10.2. The second-order valence-electron chi connectivity index (χ2n) is 4.71. The fourth-order valence-electron chi connectivity index (χ4n) is 2.14. The van der Waals surface area contributed by atoms with Crippen LogP contribution in [0.5, 0.6) is 5.75 Å². The lowest BCUT2D eigenvalue weighted by atomic mass is 10.1. The number of para-hydroxylation sites is 1. The van der Waals surface area contributed by atoms with Crippen LogP contribution in [0.15, 0.2) is 54.6 Å². The number of anilines is 1. The molecule has 0 unspecified atom stereocenters. The third-order valence-corrected chi connectivity index (χ3v) is 3.24. The van der Waals surface area contributed by atoms with Gasteiger partial charge >= 0.3 is 0 Å². The summed E-state index contributed by atoms with van der Waals surface area (Å²) in [4.78, 5) is 4.50. The van der Waals surface area contributed by atoms with Gasteiger partial charge in [0, 0.05) is 11.9 Å². The van der Waals surface area contributed by atoms with Crippen molar-refractivity contribution in [2.24, 2.45) is 0 Å². The van der Waals surface area contributed by atoms with E-state index in [0.717, 1.165) is 16.5 Å². The predicted molar refractivity (Wildman–Crippen MR) is 81.9 cm³/mol. The lowest BCUT2D eigenvalue weighted by Crippen LogP contribution is -2.03. The van der Waals surface area contributed by atoms with Crippen molar-refractivity contribution in [1.29, 1.82) is 5.26 Å². The first-order valence-electron chi connectivity index (χ1n) is 6.58. The van der Waals surface area contributed by atoms with Crippen molar-refractivity contribution in [2.75, 3.05) is 5.32 Å². The molecule has 0 aliphatic heterocycles. The Morgan fingerprint density at radius 2 is 1.86 bits per heavy atom. The Morgan fingerprint density at radius 3 is 2.62 bits per heavy atom. The monoisotopic (exact) mass is 275 g/mol. The van der Waals surface area contributed by atoms with Crippen LogP contribution in [0.4, 0.5) is 5.82 Å². The maximum Gasteiger partial charge on any atom is 0.144 e.